The summed E-state index contributed by atoms with van der Waals surface area (Å²) in [7, 11) is 1.45. The molecule has 134 valence electrons. The Morgan fingerprint density at radius 2 is 1.96 bits per heavy atom. The molecule has 0 aliphatic carbocycles. The minimum atomic E-state index is -0.662. The first kappa shape index (κ1) is 17.9. The fourth-order valence-corrected chi connectivity index (χ4v) is 2.89. The first-order valence-corrected chi connectivity index (χ1v) is 8.05. The zero-order valence-electron chi connectivity index (χ0n) is 13.4. The monoisotopic (exact) mass is 394 g/mol. The Morgan fingerprint density at radius 3 is 2.62 bits per heavy atom. The van der Waals surface area contributed by atoms with E-state index in [1.807, 2.05) is 0 Å². The third-order valence-electron chi connectivity index (χ3n) is 3.60. The Bertz CT molecular complexity index is 977. The van der Waals surface area contributed by atoms with E-state index in [9.17, 15) is 14.9 Å². The highest BCUT2D eigenvalue weighted by Gasteiger charge is 2.25. The molecule has 0 saturated carbocycles. The molecular formula is C15H12Cl2N6O3. The summed E-state index contributed by atoms with van der Waals surface area (Å²) in [6, 6.07) is 5.18. The van der Waals surface area contributed by atoms with Crippen LogP contribution in [-0.2, 0) is 13.6 Å². The Morgan fingerprint density at radius 1 is 1.27 bits per heavy atom. The predicted octanol–water partition coefficient (Wildman–Crippen LogP) is 3.13. The number of amides is 1. The van der Waals surface area contributed by atoms with Crippen molar-refractivity contribution in [1.82, 2.24) is 19.6 Å². The smallest absolute Gasteiger partial charge is 0.318 e. The average molecular weight is 395 g/mol. The number of carbonyl (C=O) groups is 1. The van der Waals surface area contributed by atoms with Gasteiger partial charge in [0, 0.05) is 28.9 Å². The van der Waals surface area contributed by atoms with Gasteiger partial charge < -0.3 is 5.32 Å². The van der Waals surface area contributed by atoms with Crippen LogP contribution in [-0.4, -0.2) is 30.4 Å². The van der Waals surface area contributed by atoms with Crippen molar-refractivity contribution in [2.24, 2.45) is 7.05 Å². The van der Waals surface area contributed by atoms with Crippen LogP contribution in [0.15, 0.2) is 36.8 Å². The van der Waals surface area contributed by atoms with Gasteiger partial charge in [-0.1, -0.05) is 29.3 Å². The number of nitrogens with zero attached hydrogens (tertiary/aromatic N) is 5. The van der Waals surface area contributed by atoms with Crippen molar-refractivity contribution in [3.05, 3.63) is 68.2 Å². The lowest BCUT2D eigenvalue weighted by atomic mass is 10.2. The first-order valence-electron chi connectivity index (χ1n) is 7.30. The molecule has 2 heterocycles. The molecule has 0 fully saturated rings. The molecule has 11 heteroatoms. The minimum Gasteiger partial charge on any atom is -0.318 e. The van der Waals surface area contributed by atoms with Gasteiger partial charge in [-0.2, -0.15) is 10.2 Å². The molecule has 1 amide bonds. The highest BCUT2D eigenvalue weighted by atomic mass is 35.5. The van der Waals surface area contributed by atoms with Crippen LogP contribution in [0.1, 0.15) is 16.1 Å². The van der Waals surface area contributed by atoms with Gasteiger partial charge in [0.2, 0.25) is 5.69 Å². The Balaban J connectivity index is 1.78. The van der Waals surface area contributed by atoms with E-state index in [2.05, 4.69) is 15.5 Å². The maximum Gasteiger partial charge on any atom is 0.320 e. The molecule has 3 aromatic rings. The summed E-state index contributed by atoms with van der Waals surface area (Å²) in [5.74, 6) is -0.660. The number of benzene rings is 1. The van der Waals surface area contributed by atoms with E-state index in [-0.39, 0.29) is 11.4 Å². The molecule has 1 N–H and O–H groups in total. The van der Waals surface area contributed by atoms with Crippen molar-refractivity contribution >= 4 is 40.5 Å². The summed E-state index contributed by atoms with van der Waals surface area (Å²) in [6.07, 6.45) is 4.02. The third kappa shape index (κ3) is 3.53. The molecule has 1 aromatic carbocycles. The highest BCUT2D eigenvalue weighted by molar-refractivity contribution is 6.35. The first-order chi connectivity index (χ1) is 12.4. The second kappa shape index (κ2) is 7.14. The van der Waals surface area contributed by atoms with E-state index in [1.54, 1.807) is 29.1 Å². The van der Waals surface area contributed by atoms with Gasteiger partial charge in [0.05, 0.1) is 23.4 Å². The van der Waals surface area contributed by atoms with Crippen molar-refractivity contribution in [3.8, 4) is 0 Å². The maximum absolute atomic E-state index is 12.3. The third-order valence-corrected chi connectivity index (χ3v) is 4.31. The van der Waals surface area contributed by atoms with Crippen LogP contribution in [0, 0.1) is 10.1 Å². The van der Waals surface area contributed by atoms with Gasteiger partial charge in [0.25, 0.3) is 5.91 Å². The number of nitrogens with one attached hydrogen (secondary N) is 1. The van der Waals surface area contributed by atoms with Crippen LogP contribution < -0.4 is 5.32 Å². The summed E-state index contributed by atoms with van der Waals surface area (Å²) in [5.41, 5.74) is 0.532. The number of halogens is 2. The largest absolute Gasteiger partial charge is 0.320 e. The van der Waals surface area contributed by atoms with Gasteiger partial charge in [0.15, 0.2) is 0 Å². The molecule has 0 spiro atoms. The molecule has 3 rings (SSSR count). The highest BCUT2D eigenvalue weighted by Crippen LogP contribution is 2.25. The number of hydrogen-bond donors (Lipinski definition) is 1. The van der Waals surface area contributed by atoms with Crippen molar-refractivity contribution in [2.45, 2.75) is 6.54 Å². The Labute approximate surface area is 157 Å². The molecule has 0 bridgehead atoms. The van der Waals surface area contributed by atoms with E-state index in [0.29, 0.717) is 27.8 Å². The van der Waals surface area contributed by atoms with Gasteiger partial charge in [-0.05, 0) is 12.1 Å². The lowest BCUT2D eigenvalue weighted by Crippen LogP contribution is -2.17. The van der Waals surface area contributed by atoms with Gasteiger partial charge >= 0.3 is 5.69 Å². The zero-order chi connectivity index (χ0) is 18.8. The number of carbonyl (C=O) groups excluding carboxylic acids is 1. The molecule has 0 aliphatic rings. The molecule has 9 nitrogen and oxygen atoms in total. The lowest BCUT2D eigenvalue weighted by Gasteiger charge is -2.06. The molecule has 26 heavy (non-hydrogen) atoms. The van der Waals surface area contributed by atoms with Crippen molar-refractivity contribution in [1.29, 1.82) is 0 Å². The molecule has 0 unspecified atom stereocenters. The normalized spacial score (nSPS) is 10.7. The van der Waals surface area contributed by atoms with Crippen LogP contribution in [0.3, 0.4) is 0 Å². The van der Waals surface area contributed by atoms with E-state index in [0.717, 1.165) is 10.9 Å². The molecule has 0 aliphatic heterocycles. The van der Waals surface area contributed by atoms with Crippen LogP contribution in [0.4, 0.5) is 11.4 Å². The summed E-state index contributed by atoms with van der Waals surface area (Å²) in [4.78, 5) is 22.7. The number of aromatic nitrogens is 4. The number of rotatable bonds is 5. The topological polar surface area (TPSA) is 108 Å². The summed E-state index contributed by atoms with van der Waals surface area (Å²) in [5, 5.41) is 22.4. The number of hydrogen-bond acceptors (Lipinski definition) is 5. The Hall–Kier alpha value is -2.91. The van der Waals surface area contributed by atoms with Crippen molar-refractivity contribution in [3.63, 3.8) is 0 Å². The lowest BCUT2D eigenvalue weighted by molar-refractivity contribution is -0.385. The SMILES string of the molecule is Cn1ncc([N+](=O)[O-])c1C(=O)Nc1cnn(Cc2c(Cl)cccc2Cl)c1. The zero-order valence-corrected chi connectivity index (χ0v) is 14.9. The predicted molar refractivity (Wildman–Crippen MR) is 95.6 cm³/mol. The second-order valence-electron chi connectivity index (χ2n) is 5.34. The number of aryl methyl sites for hydroxylation is 1. The summed E-state index contributed by atoms with van der Waals surface area (Å²) in [6.45, 7) is 0.306. The standard InChI is InChI=1S/C15H12Cl2N6O3/c1-21-14(13(6-18-21)23(25)26)15(24)20-9-5-19-22(7-9)8-10-11(16)3-2-4-12(10)17/h2-7H,8H2,1H3,(H,20,24). The van der Waals surface area contributed by atoms with Gasteiger partial charge in [0.1, 0.15) is 6.20 Å². The number of nitro groups is 1. The van der Waals surface area contributed by atoms with Gasteiger partial charge in [-0.25, -0.2) is 0 Å². The van der Waals surface area contributed by atoms with Gasteiger partial charge in [-0.3, -0.25) is 24.3 Å². The van der Waals surface area contributed by atoms with Crippen LogP contribution in [0.5, 0.6) is 0 Å². The molecule has 0 radical (unpaired) electrons. The average Bonchev–Trinajstić information content (AvgIpc) is 3.17. The summed E-state index contributed by atoms with van der Waals surface area (Å²) < 4.78 is 2.68. The van der Waals surface area contributed by atoms with Crippen LogP contribution >= 0.6 is 23.2 Å². The molecular weight excluding hydrogens is 383 g/mol. The minimum absolute atomic E-state index is 0.156. The maximum atomic E-state index is 12.3. The van der Waals surface area contributed by atoms with E-state index >= 15 is 0 Å². The molecule has 2 aromatic heterocycles. The van der Waals surface area contributed by atoms with Crippen molar-refractivity contribution < 1.29 is 9.72 Å². The second-order valence-corrected chi connectivity index (χ2v) is 6.15. The van der Waals surface area contributed by atoms with Crippen LogP contribution in [0.25, 0.3) is 0 Å². The quantitative estimate of drug-likeness (QED) is 0.528. The van der Waals surface area contributed by atoms with E-state index in [1.165, 1.54) is 13.2 Å². The Kier molecular flexibility index (Phi) is 4.92. The molecule has 0 atom stereocenters. The summed E-state index contributed by atoms with van der Waals surface area (Å²) >= 11 is 12.3. The van der Waals surface area contributed by atoms with Gasteiger partial charge in [-0.15, -0.1) is 0 Å². The fourth-order valence-electron chi connectivity index (χ4n) is 2.37. The number of anilines is 1. The fraction of sp³-hybridized carbons (Fsp3) is 0.133. The van der Waals surface area contributed by atoms with Crippen molar-refractivity contribution in [2.75, 3.05) is 5.32 Å². The van der Waals surface area contributed by atoms with Crippen LogP contribution in [0.2, 0.25) is 10.0 Å². The molecule has 0 saturated heterocycles. The van der Waals surface area contributed by atoms with E-state index in [4.69, 9.17) is 23.2 Å². The van der Waals surface area contributed by atoms with E-state index < -0.39 is 10.8 Å².